The molecule has 2 aromatic heterocycles. The second kappa shape index (κ2) is 7.22. The molecule has 3 heterocycles. The monoisotopic (exact) mass is 378 g/mol. The zero-order valence-electron chi connectivity index (χ0n) is 16.9. The third kappa shape index (κ3) is 3.10. The molecule has 3 aromatic rings. The number of carbonyl (C=O) groups is 1. The summed E-state index contributed by atoms with van der Waals surface area (Å²) in [7, 11) is 1.69. The van der Waals surface area contributed by atoms with Crippen LogP contribution >= 0.6 is 0 Å². The molecule has 1 aliphatic rings. The van der Waals surface area contributed by atoms with Gasteiger partial charge in [-0.2, -0.15) is 10.2 Å². The van der Waals surface area contributed by atoms with Crippen molar-refractivity contribution in [1.82, 2.24) is 25.3 Å². The highest BCUT2D eigenvalue weighted by Gasteiger charge is 2.28. The molecule has 1 saturated heterocycles. The van der Waals surface area contributed by atoms with E-state index < -0.39 is 0 Å². The molecule has 1 atom stereocenters. The summed E-state index contributed by atoms with van der Waals surface area (Å²) in [5.41, 5.74) is 5.00. The lowest BCUT2D eigenvalue weighted by atomic mass is 9.97. The number of hydrogen-bond donors (Lipinski definition) is 1. The van der Waals surface area contributed by atoms with Gasteiger partial charge in [-0.25, -0.2) is 4.68 Å². The van der Waals surface area contributed by atoms with Crippen LogP contribution in [0.25, 0.3) is 16.6 Å². The minimum absolute atomic E-state index is 0.0304. The first-order valence-electron chi connectivity index (χ1n) is 9.75. The van der Waals surface area contributed by atoms with E-state index in [0.29, 0.717) is 6.54 Å². The Labute approximate surface area is 164 Å². The molecular formula is C21H26N6O. The van der Waals surface area contributed by atoms with E-state index in [0.717, 1.165) is 53.2 Å². The SMILES string of the molecule is CNC(=O)C1CCCN(c2nnc(C)c3c(C)n(-c4ccc(C)cc4)nc23)C1. The van der Waals surface area contributed by atoms with Crippen LogP contribution in [0.4, 0.5) is 5.82 Å². The average molecular weight is 378 g/mol. The number of benzene rings is 1. The molecule has 1 N–H and O–H groups in total. The lowest BCUT2D eigenvalue weighted by molar-refractivity contribution is -0.124. The maximum Gasteiger partial charge on any atom is 0.224 e. The van der Waals surface area contributed by atoms with Gasteiger partial charge >= 0.3 is 0 Å². The van der Waals surface area contributed by atoms with Crippen molar-refractivity contribution in [2.24, 2.45) is 5.92 Å². The molecule has 0 aliphatic carbocycles. The van der Waals surface area contributed by atoms with Gasteiger partial charge in [-0.3, -0.25) is 4.79 Å². The first-order chi connectivity index (χ1) is 13.5. The van der Waals surface area contributed by atoms with Gasteiger partial charge in [-0.15, -0.1) is 5.10 Å². The van der Waals surface area contributed by atoms with Crippen LogP contribution in [0, 0.1) is 26.7 Å². The van der Waals surface area contributed by atoms with Gasteiger partial charge in [0, 0.05) is 20.1 Å². The van der Waals surface area contributed by atoms with E-state index in [-0.39, 0.29) is 11.8 Å². The van der Waals surface area contributed by atoms with Crippen molar-refractivity contribution in [2.75, 3.05) is 25.0 Å². The number of fused-ring (bicyclic) bond motifs is 1. The van der Waals surface area contributed by atoms with Crippen molar-refractivity contribution >= 4 is 22.6 Å². The van der Waals surface area contributed by atoms with E-state index in [1.165, 1.54) is 5.56 Å². The Morgan fingerprint density at radius 3 is 2.61 bits per heavy atom. The summed E-state index contributed by atoms with van der Waals surface area (Å²) in [6, 6.07) is 8.33. The maximum absolute atomic E-state index is 12.1. The number of rotatable bonds is 3. The van der Waals surface area contributed by atoms with Crippen molar-refractivity contribution in [3.05, 3.63) is 41.2 Å². The smallest absolute Gasteiger partial charge is 0.224 e. The van der Waals surface area contributed by atoms with Crippen molar-refractivity contribution in [2.45, 2.75) is 33.6 Å². The molecule has 0 radical (unpaired) electrons. The Kier molecular flexibility index (Phi) is 4.75. The van der Waals surface area contributed by atoms with Crippen LogP contribution in [0.2, 0.25) is 0 Å². The molecule has 1 unspecified atom stereocenters. The zero-order valence-corrected chi connectivity index (χ0v) is 16.9. The summed E-state index contributed by atoms with van der Waals surface area (Å²) in [6.07, 6.45) is 1.85. The molecule has 0 saturated carbocycles. The Balaban J connectivity index is 1.80. The van der Waals surface area contributed by atoms with Crippen molar-refractivity contribution in [1.29, 1.82) is 0 Å². The Morgan fingerprint density at radius 1 is 1.14 bits per heavy atom. The summed E-state index contributed by atoms with van der Waals surface area (Å²) < 4.78 is 1.96. The largest absolute Gasteiger partial charge is 0.359 e. The van der Waals surface area contributed by atoms with Gasteiger partial charge in [0.2, 0.25) is 5.91 Å². The first kappa shape index (κ1) is 18.4. The number of nitrogens with one attached hydrogen (secondary N) is 1. The number of anilines is 1. The van der Waals surface area contributed by atoms with Gasteiger partial charge in [-0.05, 0) is 45.7 Å². The summed E-state index contributed by atoms with van der Waals surface area (Å²) in [5.74, 6) is 0.822. The van der Waals surface area contributed by atoms with E-state index in [1.807, 2.05) is 11.6 Å². The van der Waals surface area contributed by atoms with Crippen LogP contribution < -0.4 is 10.2 Å². The molecule has 1 aromatic carbocycles. The van der Waals surface area contributed by atoms with E-state index in [1.54, 1.807) is 7.05 Å². The Bertz CT molecular complexity index is 1020. The van der Waals surface area contributed by atoms with E-state index in [2.05, 4.69) is 58.5 Å². The molecule has 28 heavy (non-hydrogen) atoms. The average Bonchev–Trinajstić information content (AvgIpc) is 3.06. The molecule has 0 bridgehead atoms. The predicted molar refractivity (Wildman–Crippen MR) is 110 cm³/mol. The Morgan fingerprint density at radius 2 is 1.89 bits per heavy atom. The second-order valence-electron chi connectivity index (χ2n) is 7.56. The lowest BCUT2D eigenvalue weighted by Crippen LogP contribution is -2.42. The third-order valence-corrected chi connectivity index (χ3v) is 5.60. The number of hydrogen-bond acceptors (Lipinski definition) is 5. The van der Waals surface area contributed by atoms with Gasteiger partial charge in [0.25, 0.3) is 0 Å². The van der Waals surface area contributed by atoms with Crippen LogP contribution in [0.15, 0.2) is 24.3 Å². The highest BCUT2D eigenvalue weighted by Crippen LogP contribution is 2.31. The van der Waals surface area contributed by atoms with Gasteiger partial charge in [0.05, 0.1) is 28.4 Å². The molecule has 7 heteroatoms. The zero-order chi connectivity index (χ0) is 19.8. The fourth-order valence-electron chi connectivity index (χ4n) is 4.05. The fraction of sp³-hybridized carbons (Fsp3) is 0.429. The van der Waals surface area contributed by atoms with Crippen LogP contribution in [0.5, 0.6) is 0 Å². The van der Waals surface area contributed by atoms with Gasteiger partial charge in [-0.1, -0.05) is 17.7 Å². The molecule has 1 amide bonds. The molecule has 7 nitrogen and oxygen atoms in total. The quantitative estimate of drug-likeness (QED) is 0.758. The topological polar surface area (TPSA) is 75.9 Å². The summed E-state index contributed by atoms with van der Waals surface area (Å²) in [5, 5.41) is 17.6. The maximum atomic E-state index is 12.1. The van der Waals surface area contributed by atoms with Crippen molar-refractivity contribution in [3.63, 3.8) is 0 Å². The second-order valence-corrected chi connectivity index (χ2v) is 7.56. The number of aromatic nitrogens is 4. The molecule has 4 rings (SSSR count). The number of amides is 1. The molecule has 1 aliphatic heterocycles. The summed E-state index contributed by atoms with van der Waals surface area (Å²) >= 11 is 0. The van der Waals surface area contributed by atoms with Crippen LogP contribution in [0.1, 0.15) is 29.8 Å². The summed E-state index contributed by atoms with van der Waals surface area (Å²) in [4.78, 5) is 14.3. The van der Waals surface area contributed by atoms with Crippen molar-refractivity contribution in [3.8, 4) is 5.69 Å². The third-order valence-electron chi connectivity index (χ3n) is 5.60. The molecule has 1 fully saturated rings. The standard InChI is InChI=1S/C21H26N6O/c1-13-7-9-17(10-8-13)27-15(3)18-14(2)23-24-20(19(18)25-27)26-11-5-6-16(12-26)21(28)22-4/h7-10,16H,5-6,11-12H2,1-4H3,(H,22,28). The number of piperidine rings is 1. The van der Waals surface area contributed by atoms with Gasteiger partial charge in [0.1, 0.15) is 5.52 Å². The van der Waals surface area contributed by atoms with E-state index in [9.17, 15) is 4.79 Å². The minimum atomic E-state index is -0.0304. The first-order valence-corrected chi connectivity index (χ1v) is 9.75. The number of nitrogens with zero attached hydrogens (tertiary/aromatic N) is 5. The highest BCUT2D eigenvalue weighted by atomic mass is 16.1. The normalized spacial score (nSPS) is 17.1. The van der Waals surface area contributed by atoms with E-state index >= 15 is 0 Å². The highest BCUT2D eigenvalue weighted by molar-refractivity contribution is 5.92. The van der Waals surface area contributed by atoms with Crippen LogP contribution in [-0.2, 0) is 4.79 Å². The van der Waals surface area contributed by atoms with Crippen molar-refractivity contribution < 1.29 is 4.79 Å². The lowest BCUT2D eigenvalue weighted by Gasteiger charge is -2.32. The van der Waals surface area contributed by atoms with E-state index in [4.69, 9.17) is 5.10 Å². The van der Waals surface area contributed by atoms with Crippen LogP contribution in [0.3, 0.4) is 0 Å². The molecular weight excluding hydrogens is 352 g/mol. The number of aryl methyl sites for hydroxylation is 3. The molecule has 146 valence electrons. The minimum Gasteiger partial charge on any atom is -0.359 e. The van der Waals surface area contributed by atoms with Gasteiger partial charge in [0.15, 0.2) is 5.82 Å². The predicted octanol–water partition coefficient (Wildman–Crippen LogP) is 2.70. The Hall–Kier alpha value is -2.96. The molecule has 0 spiro atoms. The fourth-order valence-corrected chi connectivity index (χ4v) is 4.05. The van der Waals surface area contributed by atoms with Gasteiger partial charge < -0.3 is 10.2 Å². The number of carbonyl (C=O) groups excluding carboxylic acids is 1. The summed E-state index contributed by atoms with van der Waals surface area (Å²) in [6.45, 7) is 7.61. The van der Waals surface area contributed by atoms with Crippen LogP contribution in [-0.4, -0.2) is 46.0 Å².